The van der Waals surface area contributed by atoms with Crippen molar-refractivity contribution in [3.8, 4) is 0 Å². The van der Waals surface area contributed by atoms with Gasteiger partial charge >= 0.3 is 17.9 Å². The first-order valence-electron chi connectivity index (χ1n) is 9.78. The van der Waals surface area contributed by atoms with E-state index in [9.17, 15) is 24.0 Å². The first kappa shape index (κ1) is 25.1. The summed E-state index contributed by atoms with van der Waals surface area (Å²) in [4.78, 5) is 60.6. The molecule has 0 spiro atoms. The fourth-order valence-electron chi connectivity index (χ4n) is 2.71. The molecule has 1 aromatic heterocycles. The van der Waals surface area contributed by atoms with Gasteiger partial charge in [-0.3, -0.25) is 9.59 Å². The van der Waals surface area contributed by atoms with Crippen molar-refractivity contribution in [2.45, 2.75) is 19.9 Å². The van der Waals surface area contributed by atoms with E-state index in [4.69, 9.17) is 9.15 Å². The second kappa shape index (κ2) is 11.5. The number of methoxy groups -OCH3 is 2. The highest BCUT2D eigenvalue weighted by atomic mass is 16.5. The predicted octanol–water partition coefficient (Wildman–Crippen LogP) is 1.79. The van der Waals surface area contributed by atoms with E-state index in [-0.39, 0.29) is 28.5 Å². The van der Waals surface area contributed by atoms with Gasteiger partial charge in [-0.25, -0.2) is 14.4 Å². The Kier molecular flexibility index (Phi) is 8.72. The second-order valence-electron chi connectivity index (χ2n) is 7.11. The molecule has 0 aliphatic rings. The minimum atomic E-state index is -1.02. The predicted molar refractivity (Wildman–Crippen MR) is 114 cm³/mol. The molecule has 1 atom stereocenters. The van der Waals surface area contributed by atoms with Gasteiger partial charge in [-0.2, -0.15) is 0 Å². The van der Waals surface area contributed by atoms with Crippen LogP contribution in [0, 0.1) is 5.92 Å². The number of rotatable bonds is 9. The third kappa shape index (κ3) is 6.92. The molecule has 11 nitrogen and oxygen atoms in total. The first-order valence-corrected chi connectivity index (χ1v) is 9.78. The summed E-state index contributed by atoms with van der Waals surface area (Å²) in [6, 6.07) is 5.78. The number of anilines is 1. The molecular formula is C22H24N2O9. The average molecular weight is 460 g/mol. The zero-order chi connectivity index (χ0) is 24.5. The Morgan fingerprint density at radius 3 is 2.06 bits per heavy atom. The van der Waals surface area contributed by atoms with Crippen LogP contribution in [0.1, 0.15) is 45.1 Å². The molecule has 2 N–H and O–H groups in total. The number of nitrogens with one attached hydrogen (secondary N) is 2. The first-order chi connectivity index (χ1) is 15.7. The minimum Gasteiger partial charge on any atom is -0.465 e. The van der Waals surface area contributed by atoms with E-state index in [0.29, 0.717) is 0 Å². The van der Waals surface area contributed by atoms with Gasteiger partial charge in [0, 0.05) is 5.69 Å². The van der Waals surface area contributed by atoms with Crippen LogP contribution in [0.3, 0.4) is 0 Å². The normalized spacial score (nSPS) is 11.3. The number of carbonyl (C=O) groups excluding carboxylic acids is 5. The Labute approximate surface area is 189 Å². The van der Waals surface area contributed by atoms with Crippen LogP contribution in [0.4, 0.5) is 5.69 Å². The number of ether oxygens (including phenoxy) is 3. The van der Waals surface area contributed by atoms with Crippen LogP contribution in [0.25, 0.3) is 0 Å². The largest absolute Gasteiger partial charge is 0.465 e. The molecular weight excluding hydrogens is 436 g/mol. The summed E-state index contributed by atoms with van der Waals surface area (Å²) >= 11 is 0. The molecule has 0 saturated heterocycles. The van der Waals surface area contributed by atoms with E-state index in [2.05, 4.69) is 20.1 Å². The zero-order valence-electron chi connectivity index (χ0n) is 18.5. The smallest absolute Gasteiger partial charge is 0.337 e. The Bertz CT molecular complexity index is 994. The molecule has 2 aromatic rings. The van der Waals surface area contributed by atoms with Gasteiger partial charge in [-0.1, -0.05) is 13.8 Å². The third-order valence-corrected chi connectivity index (χ3v) is 4.36. The zero-order valence-corrected chi connectivity index (χ0v) is 18.5. The Hall–Kier alpha value is -4.15. The second-order valence-corrected chi connectivity index (χ2v) is 7.11. The highest BCUT2D eigenvalue weighted by Gasteiger charge is 2.27. The molecule has 0 unspecified atom stereocenters. The molecule has 0 aliphatic carbocycles. The molecule has 0 fully saturated rings. The fourth-order valence-corrected chi connectivity index (χ4v) is 2.71. The molecule has 2 rings (SSSR count). The van der Waals surface area contributed by atoms with E-state index in [1.54, 1.807) is 13.8 Å². The number of hydrogen-bond donors (Lipinski definition) is 2. The maximum absolute atomic E-state index is 12.4. The van der Waals surface area contributed by atoms with Crippen LogP contribution < -0.4 is 10.6 Å². The number of furan rings is 1. The molecule has 11 heteroatoms. The topological polar surface area (TPSA) is 150 Å². The van der Waals surface area contributed by atoms with Crippen LogP contribution >= 0.6 is 0 Å². The summed E-state index contributed by atoms with van der Waals surface area (Å²) in [6.07, 6.45) is 1.32. The summed E-state index contributed by atoms with van der Waals surface area (Å²) in [5.74, 6) is -3.92. The van der Waals surface area contributed by atoms with E-state index in [1.165, 1.54) is 50.8 Å². The highest BCUT2D eigenvalue weighted by Crippen LogP contribution is 2.17. The maximum Gasteiger partial charge on any atom is 0.337 e. The average Bonchev–Trinajstić information content (AvgIpc) is 3.34. The van der Waals surface area contributed by atoms with Gasteiger partial charge in [-0.05, 0) is 36.2 Å². The molecule has 176 valence electrons. The minimum absolute atomic E-state index is 0.00760. The molecule has 0 bridgehead atoms. The van der Waals surface area contributed by atoms with Crippen molar-refractivity contribution in [1.29, 1.82) is 0 Å². The summed E-state index contributed by atoms with van der Waals surface area (Å²) in [5, 5.41) is 4.94. The molecule has 1 aromatic carbocycles. The fraction of sp³-hybridized carbons (Fsp3) is 0.318. The van der Waals surface area contributed by atoms with Crippen molar-refractivity contribution in [2.24, 2.45) is 5.92 Å². The number of carbonyl (C=O) groups is 5. The lowest BCUT2D eigenvalue weighted by Crippen LogP contribution is -2.45. The summed E-state index contributed by atoms with van der Waals surface area (Å²) in [6.45, 7) is 2.72. The SMILES string of the molecule is COC(=O)c1cc(NC(=O)COC(=O)[C@@H](NC(=O)c2ccco2)C(C)C)cc(C(=O)OC)c1. The number of amides is 2. The number of hydrogen-bond acceptors (Lipinski definition) is 9. The van der Waals surface area contributed by atoms with Crippen molar-refractivity contribution in [1.82, 2.24) is 5.32 Å². The van der Waals surface area contributed by atoms with Gasteiger partial charge in [-0.15, -0.1) is 0 Å². The lowest BCUT2D eigenvalue weighted by molar-refractivity contribution is -0.150. The van der Waals surface area contributed by atoms with Crippen molar-refractivity contribution >= 4 is 35.4 Å². The van der Waals surface area contributed by atoms with Crippen LogP contribution in [0.15, 0.2) is 41.0 Å². The van der Waals surface area contributed by atoms with Gasteiger partial charge in [0.05, 0.1) is 31.6 Å². The van der Waals surface area contributed by atoms with Crippen LogP contribution in [0.2, 0.25) is 0 Å². The van der Waals surface area contributed by atoms with Crippen LogP contribution in [-0.2, 0) is 23.8 Å². The standard InChI is InChI=1S/C22H24N2O9/c1-12(2)18(24-19(26)16-6-5-7-32-16)22(29)33-11-17(25)23-15-9-13(20(27)30-3)8-14(10-15)21(28)31-4/h5-10,12,18H,11H2,1-4H3,(H,23,25)(H,24,26)/t18-/m0/s1. The molecule has 1 heterocycles. The third-order valence-electron chi connectivity index (χ3n) is 4.36. The maximum atomic E-state index is 12.4. The van der Waals surface area contributed by atoms with Crippen molar-refractivity contribution in [2.75, 3.05) is 26.1 Å². The molecule has 0 radical (unpaired) electrons. The lowest BCUT2D eigenvalue weighted by atomic mass is 10.0. The number of benzene rings is 1. The van der Waals surface area contributed by atoms with E-state index in [0.717, 1.165) is 0 Å². The van der Waals surface area contributed by atoms with Crippen molar-refractivity contribution < 1.29 is 42.6 Å². The Balaban J connectivity index is 2.04. The summed E-state index contributed by atoms with van der Waals surface area (Å²) in [5.41, 5.74) is 0.104. The van der Waals surface area contributed by atoms with Crippen molar-refractivity contribution in [3.05, 3.63) is 53.5 Å². The lowest BCUT2D eigenvalue weighted by Gasteiger charge is -2.20. The molecule has 0 saturated carbocycles. The van der Waals surface area contributed by atoms with E-state index < -0.39 is 42.4 Å². The van der Waals surface area contributed by atoms with E-state index >= 15 is 0 Å². The van der Waals surface area contributed by atoms with E-state index in [1.807, 2.05) is 0 Å². The molecule has 0 aliphatic heterocycles. The highest BCUT2D eigenvalue weighted by molar-refractivity contribution is 6.00. The molecule has 2 amide bonds. The van der Waals surface area contributed by atoms with Crippen LogP contribution in [-0.4, -0.2) is 56.6 Å². The van der Waals surface area contributed by atoms with Gasteiger partial charge < -0.3 is 29.3 Å². The Morgan fingerprint density at radius 2 is 1.58 bits per heavy atom. The molecule has 33 heavy (non-hydrogen) atoms. The van der Waals surface area contributed by atoms with Gasteiger partial charge in [0.25, 0.3) is 11.8 Å². The van der Waals surface area contributed by atoms with Gasteiger partial charge in [0.1, 0.15) is 6.04 Å². The quantitative estimate of drug-likeness (QED) is 0.422. The van der Waals surface area contributed by atoms with Crippen molar-refractivity contribution in [3.63, 3.8) is 0 Å². The Morgan fingerprint density at radius 1 is 0.970 bits per heavy atom. The van der Waals surface area contributed by atoms with Gasteiger partial charge in [0.15, 0.2) is 12.4 Å². The number of esters is 3. The monoisotopic (exact) mass is 460 g/mol. The van der Waals surface area contributed by atoms with Gasteiger partial charge in [0.2, 0.25) is 0 Å². The summed E-state index contributed by atoms with van der Waals surface area (Å²) < 4.78 is 19.3. The summed E-state index contributed by atoms with van der Waals surface area (Å²) in [7, 11) is 2.33. The van der Waals surface area contributed by atoms with Crippen LogP contribution in [0.5, 0.6) is 0 Å².